The first-order valence-corrected chi connectivity index (χ1v) is 22.7. The Morgan fingerprint density at radius 3 is 1.89 bits per heavy atom. The number of benzene rings is 3. The Hall–Kier alpha value is -5.90. The van der Waals surface area contributed by atoms with E-state index in [1.54, 1.807) is 87.5 Å². The summed E-state index contributed by atoms with van der Waals surface area (Å²) < 4.78 is 36.4. The molecule has 0 saturated heterocycles. The SMILES string of the molecule is CC(=O)NCSC[C@H](NC(=O)[C@H](CO)NC(=O)[C@@H](NC(=O)[C@H](Cc1ccccc1)NC(=O)OC(C)(C)C)[C@@H](C)O)C(=O)OCCS(=O)(=O)Cc1ccc(N=Nc2ccccc2)cc1. The number of azo groups is 1. The van der Waals surface area contributed by atoms with Crippen molar-refractivity contribution in [2.45, 2.75) is 82.7 Å². The second-order valence-electron chi connectivity index (χ2n) is 15.1. The first-order valence-electron chi connectivity index (χ1n) is 19.7. The minimum absolute atomic E-state index is 0.0250. The van der Waals surface area contributed by atoms with Crippen LogP contribution in [0, 0.1) is 0 Å². The Bertz CT molecular complexity index is 2120. The number of hydrogen-bond donors (Lipinski definition) is 7. The lowest BCUT2D eigenvalue weighted by Crippen LogP contribution is -2.61. The van der Waals surface area contributed by atoms with Crippen LogP contribution in [0.4, 0.5) is 16.2 Å². The number of sulfone groups is 1. The molecule has 5 amide bonds. The van der Waals surface area contributed by atoms with E-state index in [1.807, 2.05) is 18.2 Å². The number of aliphatic hydroxyl groups is 2. The number of aliphatic hydroxyl groups excluding tert-OH is 2. The molecule has 0 unspecified atom stereocenters. The van der Waals surface area contributed by atoms with Crippen molar-refractivity contribution in [1.29, 1.82) is 0 Å². The number of nitrogens with zero attached hydrogens (tertiary/aromatic N) is 2. The van der Waals surface area contributed by atoms with Gasteiger partial charge in [0.1, 0.15) is 36.4 Å². The number of carbonyl (C=O) groups is 6. The van der Waals surface area contributed by atoms with Gasteiger partial charge in [0.2, 0.25) is 23.6 Å². The molecule has 0 saturated carbocycles. The monoisotopic (exact) mass is 913 g/mol. The Morgan fingerprint density at radius 2 is 1.32 bits per heavy atom. The van der Waals surface area contributed by atoms with Crippen LogP contribution in [0.25, 0.3) is 0 Å². The zero-order valence-electron chi connectivity index (χ0n) is 35.6. The van der Waals surface area contributed by atoms with Crippen molar-refractivity contribution in [3.05, 3.63) is 96.1 Å². The normalized spacial score (nSPS) is 14.0. The van der Waals surface area contributed by atoms with E-state index in [0.717, 1.165) is 11.8 Å². The largest absolute Gasteiger partial charge is 0.463 e. The summed E-state index contributed by atoms with van der Waals surface area (Å²) in [5.74, 6) is -5.54. The van der Waals surface area contributed by atoms with Crippen LogP contribution >= 0.6 is 11.8 Å². The standard InChI is InChI=1S/C42H55N7O12S2/c1-27(51)36(47-37(53)33(22-29-12-8-6-9-13-29)46-41(57)61-42(3,4)5)39(55)44-34(23-50)38(54)45-35(24-62-26-43-28(2)52)40(56)60-20-21-63(58,59)25-30-16-18-32(19-17-30)49-48-31-14-10-7-11-15-31/h6-19,27,33-36,50-51H,20-26H2,1-5H3,(H,43,52)(H,44,55)(H,45,54)(H,46,57)(H,47,53)/t27-,33+,34+,35+,36+/m1/s1. The average Bonchev–Trinajstić information content (AvgIpc) is 3.21. The highest BCUT2D eigenvalue weighted by atomic mass is 32.2. The molecule has 19 nitrogen and oxygen atoms in total. The smallest absolute Gasteiger partial charge is 0.408 e. The maximum Gasteiger partial charge on any atom is 0.408 e. The summed E-state index contributed by atoms with van der Waals surface area (Å²) in [6.45, 7) is 5.81. The molecule has 342 valence electrons. The summed E-state index contributed by atoms with van der Waals surface area (Å²) in [5, 5.41) is 40.9. The molecule has 0 aliphatic carbocycles. The van der Waals surface area contributed by atoms with Gasteiger partial charge in [-0.1, -0.05) is 60.7 Å². The van der Waals surface area contributed by atoms with Gasteiger partial charge in [-0.05, 0) is 63.1 Å². The molecular formula is C42H55N7O12S2. The second-order valence-corrected chi connectivity index (χ2v) is 18.3. The van der Waals surface area contributed by atoms with Gasteiger partial charge in [0.25, 0.3) is 0 Å². The van der Waals surface area contributed by atoms with E-state index in [-0.39, 0.29) is 29.7 Å². The highest BCUT2D eigenvalue weighted by molar-refractivity contribution is 7.99. The van der Waals surface area contributed by atoms with Crippen LogP contribution in [0.2, 0.25) is 0 Å². The van der Waals surface area contributed by atoms with Crippen molar-refractivity contribution in [1.82, 2.24) is 26.6 Å². The van der Waals surface area contributed by atoms with Gasteiger partial charge in [-0.3, -0.25) is 19.2 Å². The lowest BCUT2D eigenvalue weighted by Gasteiger charge is -2.27. The highest BCUT2D eigenvalue weighted by Crippen LogP contribution is 2.19. The lowest BCUT2D eigenvalue weighted by atomic mass is 10.0. The molecule has 0 aliphatic rings. The van der Waals surface area contributed by atoms with Gasteiger partial charge in [0.15, 0.2) is 9.84 Å². The van der Waals surface area contributed by atoms with E-state index in [1.165, 1.54) is 13.8 Å². The van der Waals surface area contributed by atoms with Crippen LogP contribution in [0.1, 0.15) is 45.7 Å². The van der Waals surface area contributed by atoms with E-state index in [4.69, 9.17) is 9.47 Å². The molecule has 5 atom stereocenters. The van der Waals surface area contributed by atoms with Crippen LogP contribution in [-0.2, 0) is 55.5 Å². The number of thioether (sulfide) groups is 1. The minimum atomic E-state index is -3.80. The van der Waals surface area contributed by atoms with Crippen molar-refractivity contribution in [3.8, 4) is 0 Å². The number of nitrogens with one attached hydrogen (secondary N) is 5. The van der Waals surface area contributed by atoms with E-state index < -0.39 is 94.5 Å². The molecule has 7 N–H and O–H groups in total. The molecule has 63 heavy (non-hydrogen) atoms. The average molecular weight is 914 g/mol. The van der Waals surface area contributed by atoms with Gasteiger partial charge in [-0.25, -0.2) is 18.0 Å². The Kier molecular flexibility index (Phi) is 20.6. The number of hydrogen-bond acceptors (Lipinski definition) is 15. The first kappa shape index (κ1) is 51.5. The van der Waals surface area contributed by atoms with E-state index in [2.05, 4.69) is 36.8 Å². The molecule has 0 aliphatic heterocycles. The van der Waals surface area contributed by atoms with Gasteiger partial charge in [0, 0.05) is 19.1 Å². The zero-order valence-corrected chi connectivity index (χ0v) is 37.2. The molecule has 3 aromatic rings. The van der Waals surface area contributed by atoms with Crippen LogP contribution in [-0.4, -0.2) is 121 Å². The third kappa shape index (κ3) is 19.8. The fourth-order valence-electron chi connectivity index (χ4n) is 5.36. The Morgan fingerprint density at radius 1 is 0.746 bits per heavy atom. The molecule has 0 radical (unpaired) electrons. The van der Waals surface area contributed by atoms with Crippen LogP contribution < -0.4 is 26.6 Å². The number of esters is 1. The minimum Gasteiger partial charge on any atom is -0.463 e. The maximum absolute atomic E-state index is 13.5. The lowest BCUT2D eigenvalue weighted by molar-refractivity contribution is -0.147. The van der Waals surface area contributed by atoms with Crippen molar-refractivity contribution >= 4 is 68.7 Å². The van der Waals surface area contributed by atoms with E-state index in [9.17, 15) is 47.4 Å². The number of rotatable bonds is 23. The Labute approximate surface area is 370 Å². The molecule has 3 rings (SSSR count). The first-order chi connectivity index (χ1) is 29.7. The van der Waals surface area contributed by atoms with Gasteiger partial charge in [0.05, 0.1) is 41.5 Å². The fourth-order valence-corrected chi connectivity index (χ4v) is 7.42. The number of carbonyl (C=O) groups excluding carboxylic acids is 6. The van der Waals surface area contributed by atoms with Gasteiger partial charge >= 0.3 is 12.1 Å². The van der Waals surface area contributed by atoms with Crippen LogP contribution in [0.5, 0.6) is 0 Å². The topological polar surface area (TPSA) is 280 Å². The molecule has 3 aromatic carbocycles. The quantitative estimate of drug-likeness (QED) is 0.0312. The van der Waals surface area contributed by atoms with Crippen molar-refractivity contribution in [2.75, 3.05) is 30.6 Å². The van der Waals surface area contributed by atoms with Crippen LogP contribution in [0.15, 0.2) is 95.2 Å². The summed E-state index contributed by atoms with van der Waals surface area (Å²) in [5.41, 5.74) is 1.37. The van der Waals surface area contributed by atoms with Crippen molar-refractivity contribution in [2.24, 2.45) is 10.2 Å². The molecular weight excluding hydrogens is 859 g/mol. The van der Waals surface area contributed by atoms with Crippen LogP contribution in [0.3, 0.4) is 0 Å². The van der Waals surface area contributed by atoms with Gasteiger partial charge in [-0.15, -0.1) is 11.8 Å². The summed E-state index contributed by atoms with van der Waals surface area (Å²) in [6.07, 6.45) is -2.48. The molecule has 21 heteroatoms. The highest BCUT2D eigenvalue weighted by Gasteiger charge is 2.34. The fraction of sp³-hybridized carbons (Fsp3) is 0.429. The number of amides is 5. The number of alkyl carbamates (subject to hydrolysis) is 1. The summed E-state index contributed by atoms with van der Waals surface area (Å²) in [7, 11) is -3.80. The Balaban J connectivity index is 1.65. The summed E-state index contributed by atoms with van der Waals surface area (Å²) in [6, 6.07) is 17.9. The molecule has 0 fully saturated rings. The summed E-state index contributed by atoms with van der Waals surface area (Å²) >= 11 is 1.01. The molecule has 0 spiro atoms. The van der Waals surface area contributed by atoms with E-state index in [0.29, 0.717) is 22.5 Å². The van der Waals surface area contributed by atoms with Crippen molar-refractivity contribution < 1.29 is 56.9 Å². The zero-order chi connectivity index (χ0) is 46.6. The third-order valence-corrected chi connectivity index (χ3v) is 11.0. The molecule has 0 aromatic heterocycles. The second kappa shape index (κ2) is 25.3. The maximum atomic E-state index is 13.5. The third-order valence-electron chi connectivity index (χ3n) is 8.48. The predicted molar refractivity (Wildman–Crippen MR) is 235 cm³/mol. The predicted octanol–water partition coefficient (Wildman–Crippen LogP) is 2.35. The number of ether oxygens (including phenoxy) is 2. The van der Waals surface area contributed by atoms with Gasteiger partial charge < -0.3 is 46.3 Å². The summed E-state index contributed by atoms with van der Waals surface area (Å²) in [4.78, 5) is 77.7. The van der Waals surface area contributed by atoms with Crippen molar-refractivity contribution in [3.63, 3.8) is 0 Å². The molecule has 0 heterocycles. The van der Waals surface area contributed by atoms with E-state index >= 15 is 0 Å². The van der Waals surface area contributed by atoms with Gasteiger partial charge in [-0.2, -0.15) is 10.2 Å². The molecule has 0 bridgehead atoms.